The van der Waals surface area contributed by atoms with Gasteiger partial charge in [-0.3, -0.25) is 0 Å². The number of ether oxygens (including phenoxy) is 4. The molecule has 2 aliphatic rings. The van der Waals surface area contributed by atoms with Gasteiger partial charge < -0.3 is 35.9 Å². The molecule has 2 aromatic heterocycles. The maximum Gasteiger partial charge on any atom is 2.00 e. The van der Waals surface area contributed by atoms with Gasteiger partial charge in [0.25, 0.3) is 0 Å². The van der Waals surface area contributed by atoms with E-state index in [1.807, 2.05) is 103 Å². The Kier molecular flexibility index (Phi) is 18.5. The van der Waals surface area contributed by atoms with E-state index in [9.17, 15) is 0 Å². The predicted octanol–water partition coefficient (Wildman–Crippen LogP) is 7.55. The fourth-order valence-corrected chi connectivity index (χ4v) is 7.57. The van der Waals surface area contributed by atoms with Crippen LogP contribution in [0.2, 0.25) is 5.02 Å². The minimum absolute atomic E-state index is 0. The molecule has 0 aliphatic carbocycles. The van der Waals surface area contributed by atoms with Gasteiger partial charge in [-0.2, -0.15) is 39.9 Å². The zero-order chi connectivity index (χ0) is 45.1. The van der Waals surface area contributed by atoms with Gasteiger partial charge in [-0.15, -0.1) is 26.0 Å². The van der Waals surface area contributed by atoms with Crippen molar-refractivity contribution in [2.75, 3.05) is 26.4 Å². The molecule has 2 fully saturated rings. The molecule has 2 aliphatic heterocycles. The quantitative estimate of drug-likeness (QED) is 0.106. The average Bonchev–Trinajstić information content (AvgIpc) is 4.09. The second kappa shape index (κ2) is 24.2. The molecule has 0 saturated carbocycles. The molecule has 4 heterocycles. The van der Waals surface area contributed by atoms with Crippen molar-refractivity contribution in [2.45, 2.75) is 64.2 Å². The Morgan fingerprint density at radius 1 is 0.507 bits per heavy atom. The van der Waals surface area contributed by atoms with Crippen LogP contribution in [-0.4, -0.2) is 89.9 Å². The van der Waals surface area contributed by atoms with Crippen molar-refractivity contribution in [3.63, 3.8) is 0 Å². The van der Waals surface area contributed by atoms with Gasteiger partial charge in [0, 0.05) is 16.7 Å². The summed E-state index contributed by atoms with van der Waals surface area (Å²) >= 11 is 6.18. The fourth-order valence-electron chi connectivity index (χ4n) is 7.35. The molecular weight excluding hydrogens is 940 g/mol. The molecule has 67 heavy (non-hydrogen) atoms. The van der Waals surface area contributed by atoms with E-state index in [0.717, 1.165) is 83.8 Å². The van der Waals surface area contributed by atoms with Gasteiger partial charge in [0.1, 0.15) is 11.1 Å². The Morgan fingerprint density at radius 2 is 0.910 bits per heavy atom. The van der Waals surface area contributed by atoms with Crippen LogP contribution >= 0.6 is 11.6 Å². The first-order chi connectivity index (χ1) is 31.7. The number of hydrogen-bond donors (Lipinski definition) is 0. The summed E-state index contributed by atoms with van der Waals surface area (Å²) in [4.78, 5) is 3.32. The summed E-state index contributed by atoms with van der Waals surface area (Å²) in [5, 5.41) is 27.0. The molecule has 0 atom stereocenters. The molecule has 0 N–H and O–H groups in total. The first-order valence-corrected chi connectivity index (χ1v) is 22.2. The number of rotatable bonds is 9. The van der Waals surface area contributed by atoms with Crippen LogP contribution in [0.5, 0.6) is 0 Å². The molecule has 10 rings (SSSR count). The molecule has 0 spiro atoms. The minimum Gasteiger partial charge on any atom is -1.00 e. The summed E-state index contributed by atoms with van der Waals surface area (Å²) in [5.74, 6) is 1.14. The average molecular weight is 993 g/mol. The molecule has 0 unspecified atom stereocenters. The van der Waals surface area contributed by atoms with Crippen LogP contribution < -0.4 is 17.0 Å². The third-order valence-electron chi connectivity index (χ3n) is 11.2. The van der Waals surface area contributed by atoms with E-state index < -0.39 is 5.54 Å². The number of tetrazole rings is 2. The normalized spacial score (nSPS) is 14.3. The van der Waals surface area contributed by atoms with Crippen molar-refractivity contribution < 1.29 is 35.9 Å². The third-order valence-corrected chi connectivity index (χ3v) is 11.6. The Balaban J connectivity index is 0.000000182. The number of halogens is 2. The van der Waals surface area contributed by atoms with Crippen molar-refractivity contribution in [3.8, 4) is 33.9 Å². The maximum atomic E-state index is 6.18. The third kappa shape index (κ3) is 12.7. The summed E-state index contributed by atoms with van der Waals surface area (Å²) in [6.45, 7) is 11.3. The predicted molar refractivity (Wildman–Crippen MR) is 256 cm³/mol. The van der Waals surface area contributed by atoms with Crippen LogP contribution in [0, 0.1) is 6.07 Å². The fraction of sp³-hybridized carbons (Fsp3) is 0.269. The van der Waals surface area contributed by atoms with Crippen LogP contribution in [0.25, 0.3) is 33.9 Å². The van der Waals surface area contributed by atoms with Crippen molar-refractivity contribution in [1.82, 2.24) is 40.4 Å². The van der Waals surface area contributed by atoms with Crippen LogP contribution in [0.15, 0.2) is 158 Å². The first kappa shape index (κ1) is 51.2. The molecule has 340 valence electrons. The van der Waals surface area contributed by atoms with Crippen LogP contribution in [0.4, 0.5) is 0 Å². The van der Waals surface area contributed by atoms with E-state index in [4.69, 9.17) is 35.6 Å². The summed E-state index contributed by atoms with van der Waals surface area (Å²) in [7, 11) is 0. The molecule has 12 nitrogen and oxygen atoms in total. The van der Waals surface area contributed by atoms with Crippen molar-refractivity contribution in [1.29, 1.82) is 0 Å². The van der Waals surface area contributed by atoms with E-state index >= 15 is 0 Å². The SMILES string of the molecule is CC(C)(c1ccccc1)n1nnc(-c2ccccc2-c2ccc(C3OCCCO3)cc2)n1.CC(C)(c1ccccc1)n1nnc(-c2ccccc2Cl)n1.[Br-].[Mg+2].[c-]1ccc(C2OCCCO2)cc1. The topological polar surface area (TPSA) is 124 Å². The smallest absolute Gasteiger partial charge is 1.00 e. The number of hydrogen-bond acceptors (Lipinski definition) is 10. The molecule has 15 heteroatoms. The van der Waals surface area contributed by atoms with Crippen molar-refractivity contribution in [2.24, 2.45) is 0 Å². The number of benzene rings is 6. The standard InChI is InChI=1S/C26H26N4O2.C16H15ClN4.C10H11O2.BrH.Mg/c1-26(2,21-9-4-3-5-10-21)30-28-24(27-29-30)23-12-7-6-11-22(23)19-13-15-20(16-14-19)25-31-17-8-18-32-25;1-16(2,12-8-4-3-5-9-12)21-19-15(18-20-21)13-10-6-7-11-14(13)17;1-2-5-9(6-3-1)10-11-7-4-8-12-10;;/h3-7,9-16,25H,8,17-18H2,1-2H3;3-11H,1-2H3;2-3,5-6,10H,4,7-8H2;1H;/q;;-1;;+2/p-1. The van der Waals surface area contributed by atoms with E-state index in [1.165, 1.54) is 0 Å². The van der Waals surface area contributed by atoms with Gasteiger partial charge in [-0.1, -0.05) is 133 Å². The van der Waals surface area contributed by atoms with Crippen molar-refractivity contribution in [3.05, 3.63) is 191 Å². The zero-order valence-corrected chi connectivity index (χ0v) is 41.8. The number of aromatic nitrogens is 8. The molecule has 8 aromatic rings. The van der Waals surface area contributed by atoms with Gasteiger partial charge in [0.15, 0.2) is 12.6 Å². The Labute approximate surface area is 423 Å². The van der Waals surface area contributed by atoms with Gasteiger partial charge in [0.2, 0.25) is 11.6 Å². The van der Waals surface area contributed by atoms with Gasteiger partial charge in [0.05, 0.1) is 31.5 Å². The second-order valence-electron chi connectivity index (χ2n) is 16.5. The second-order valence-corrected chi connectivity index (χ2v) is 16.9. The molecule has 0 amide bonds. The molecule has 6 aromatic carbocycles. The summed E-state index contributed by atoms with van der Waals surface area (Å²) in [6, 6.07) is 54.9. The first-order valence-electron chi connectivity index (χ1n) is 21.8. The molecular formula is C52H52BrClMgN8O4. The van der Waals surface area contributed by atoms with E-state index in [-0.39, 0.29) is 58.2 Å². The van der Waals surface area contributed by atoms with E-state index in [2.05, 4.69) is 114 Å². The molecule has 0 bridgehead atoms. The van der Waals surface area contributed by atoms with Crippen LogP contribution in [0.3, 0.4) is 0 Å². The Hall–Kier alpha value is -5.16. The largest absolute Gasteiger partial charge is 2.00 e. The number of nitrogens with zero attached hydrogens (tertiary/aromatic N) is 8. The summed E-state index contributed by atoms with van der Waals surface area (Å²) in [6.07, 6.45) is 1.50. The van der Waals surface area contributed by atoms with Gasteiger partial charge >= 0.3 is 23.1 Å². The molecule has 0 radical (unpaired) electrons. The zero-order valence-electron chi connectivity index (χ0n) is 38.1. The van der Waals surface area contributed by atoms with Gasteiger partial charge in [-0.25, -0.2) is 0 Å². The Morgan fingerprint density at radius 3 is 1.39 bits per heavy atom. The van der Waals surface area contributed by atoms with E-state index in [1.54, 1.807) is 9.59 Å². The monoisotopic (exact) mass is 990 g/mol. The van der Waals surface area contributed by atoms with Crippen LogP contribution in [0.1, 0.15) is 75.4 Å². The maximum absolute atomic E-state index is 6.18. The van der Waals surface area contributed by atoms with Crippen LogP contribution in [-0.2, 0) is 30.0 Å². The molecule has 2 saturated heterocycles. The van der Waals surface area contributed by atoms with Gasteiger partial charge in [-0.05, 0) is 85.3 Å². The summed E-state index contributed by atoms with van der Waals surface area (Å²) < 4.78 is 22.3. The minimum atomic E-state index is -0.414. The van der Waals surface area contributed by atoms with Crippen molar-refractivity contribution >= 4 is 34.7 Å². The Bertz CT molecular complexity index is 2710. The summed E-state index contributed by atoms with van der Waals surface area (Å²) in [5.41, 5.74) is 7.42. The van der Waals surface area contributed by atoms with E-state index in [0.29, 0.717) is 16.7 Å².